The smallest absolute Gasteiger partial charge is 0.338 e. The fourth-order valence-electron chi connectivity index (χ4n) is 3.50. The van der Waals surface area contributed by atoms with Gasteiger partial charge in [0.15, 0.2) is 11.6 Å². The fraction of sp³-hybridized carbons (Fsp3) is 0.111. The third kappa shape index (κ3) is 8.82. The van der Waals surface area contributed by atoms with E-state index in [9.17, 15) is 23.6 Å². The molecule has 3 aromatic rings. The van der Waals surface area contributed by atoms with Crippen LogP contribution in [0, 0.1) is 11.6 Å². The van der Waals surface area contributed by atoms with Gasteiger partial charge in [-0.05, 0) is 69.7 Å². The van der Waals surface area contributed by atoms with Crippen molar-refractivity contribution >= 4 is 36.0 Å². The van der Waals surface area contributed by atoms with Gasteiger partial charge in [0.25, 0.3) is 0 Å². The summed E-state index contributed by atoms with van der Waals surface area (Å²) in [7, 11) is 0. The lowest BCUT2D eigenvalue weighted by molar-refractivity contribution is -0.131. The summed E-state index contributed by atoms with van der Waals surface area (Å²) in [5, 5.41) is 0. The Hall–Kier alpha value is -5.90. The van der Waals surface area contributed by atoms with Crippen LogP contribution in [0.2, 0.25) is 0 Å². The van der Waals surface area contributed by atoms with Crippen LogP contribution >= 0.6 is 0 Å². The lowest BCUT2D eigenvalue weighted by atomic mass is 10.00. The summed E-state index contributed by atoms with van der Waals surface area (Å²) < 4.78 is 51.1. The fourth-order valence-corrected chi connectivity index (χ4v) is 3.50. The van der Waals surface area contributed by atoms with E-state index in [1.807, 2.05) is 0 Å². The zero-order valence-corrected chi connectivity index (χ0v) is 25.6. The van der Waals surface area contributed by atoms with Gasteiger partial charge in [-0.1, -0.05) is 44.5 Å². The Labute approximate surface area is 264 Å². The molecule has 0 atom stereocenters. The summed E-state index contributed by atoms with van der Waals surface area (Å²) >= 11 is 0. The van der Waals surface area contributed by atoms with Crippen molar-refractivity contribution < 1.29 is 46.9 Å². The highest BCUT2D eigenvalue weighted by atomic mass is 19.1. The lowest BCUT2D eigenvalue weighted by Crippen LogP contribution is -2.12. The highest BCUT2D eigenvalue weighted by Crippen LogP contribution is 2.39. The molecule has 3 aromatic carbocycles. The van der Waals surface area contributed by atoms with Gasteiger partial charge < -0.3 is 18.9 Å². The molecule has 0 aliphatic heterocycles. The molecule has 0 fully saturated rings. The summed E-state index contributed by atoms with van der Waals surface area (Å²) in [5.74, 6) is -5.36. The topological polar surface area (TPSA) is 105 Å². The van der Waals surface area contributed by atoms with Gasteiger partial charge in [0.2, 0.25) is 0 Å². The van der Waals surface area contributed by atoms with Crippen LogP contribution in [0.5, 0.6) is 23.0 Å². The van der Waals surface area contributed by atoms with Crippen LogP contribution in [0.15, 0.2) is 97.1 Å². The van der Waals surface area contributed by atoms with Gasteiger partial charge >= 0.3 is 23.9 Å². The molecule has 0 radical (unpaired) electrons. The third-order valence-electron chi connectivity index (χ3n) is 5.98. The van der Waals surface area contributed by atoms with Crippen molar-refractivity contribution in [1.82, 2.24) is 0 Å². The minimum absolute atomic E-state index is 0.0373. The predicted molar refractivity (Wildman–Crippen MR) is 169 cm³/mol. The lowest BCUT2D eigenvalue weighted by Gasteiger charge is -2.16. The van der Waals surface area contributed by atoms with Gasteiger partial charge in [0, 0.05) is 45.0 Å². The first kappa shape index (κ1) is 34.6. The molecule has 46 heavy (non-hydrogen) atoms. The van der Waals surface area contributed by atoms with E-state index >= 15 is 4.39 Å². The number of carbonyl (C=O) groups excluding carboxylic acids is 4. The average molecular weight is 629 g/mol. The number of hydrogen-bond donors (Lipinski definition) is 0. The molecule has 0 aliphatic carbocycles. The van der Waals surface area contributed by atoms with Gasteiger partial charge in [0.1, 0.15) is 23.1 Å². The number of rotatable bonds is 11. The maximum Gasteiger partial charge on any atom is 0.338 e. The highest BCUT2D eigenvalue weighted by molar-refractivity contribution is 5.93. The second-order valence-corrected chi connectivity index (χ2v) is 10.2. The summed E-state index contributed by atoms with van der Waals surface area (Å²) in [6, 6.07) is 10.0. The largest absolute Gasteiger partial charge is 0.423 e. The molecule has 3 rings (SSSR count). The number of ether oxygens (including phenoxy) is 4. The first-order valence-electron chi connectivity index (χ1n) is 13.5. The number of hydrogen-bond acceptors (Lipinski definition) is 8. The van der Waals surface area contributed by atoms with E-state index in [4.69, 9.17) is 18.9 Å². The van der Waals surface area contributed by atoms with Crippen molar-refractivity contribution in [3.8, 4) is 34.1 Å². The Bertz CT molecular complexity index is 1850. The maximum atomic E-state index is 15.1. The minimum Gasteiger partial charge on any atom is -0.423 e. The molecular formula is C36H30F2O8. The molecule has 0 aromatic heterocycles. The second-order valence-electron chi connectivity index (χ2n) is 10.2. The van der Waals surface area contributed by atoms with Crippen molar-refractivity contribution in [2.75, 3.05) is 0 Å². The van der Waals surface area contributed by atoms with E-state index < -0.39 is 35.5 Å². The van der Waals surface area contributed by atoms with Crippen LogP contribution in [0.25, 0.3) is 23.3 Å². The van der Waals surface area contributed by atoms with Crippen molar-refractivity contribution in [2.45, 2.75) is 27.7 Å². The number of esters is 4. The van der Waals surface area contributed by atoms with Gasteiger partial charge in [-0.25, -0.2) is 28.0 Å². The summed E-state index contributed by atoms with van der Waals surface area (Å²) in [6.45, 7) is 19.8. The number of halogens is 2. The van der Waals surface area contributed by atoms with Gasteiger partial charge in [-0.3, -0.25) is 0 Å². The zero-order chi connectivity index (χ0) is 34.3. The zero-order valence-electron chi connectivity index (χ0n) is 25.6. The molecule has 0 spiro atoms. The van der Waals surface area contributed by atoms with Crippen molar-refractivity contribution in [2.24, 2.45) is 0 Å². The third-order valence-corrected chi connectivity index (χ3v) is 5.98. The Morgan fingerprint density at radius 2 is 1.04 bits per heavy atom. The normalized spacial score (nSPS) is 10.6. The average Bonchev–Trinajstić information content (AvgIpc) is 2.98. The van der Waals surface area contributed by atoms with E-state index in [0.29, 0.717) is 0 Å². The SMILES string of the molecule is C=C(C)C(=O)Oc1ccc(/C=C/c2cc(OC(=O)C(=C)C)c(-c3ccc(OC(=O)C(=C)C)c(F)c3)cc2OC(=O)C(=C)C)c(F)c1. The molecule has 0 unspecified atom stereocenters. The van der Waals surface area contributed by atoms with Crippen LogP contribution < -0.4 is 18.9 Å². The van der Waals surface area contributed by atoms with Crippen LogP contribution in [-0.4, -0.2) is 23.9 Å². The molecule has 236 valence electrons. The van der Waals surface area contributed by atoms with Crippen LogP contribution in [0.3, 0.4) is 0 Å². The van der Waals surface area contributed by atoms with E-state index in [1.165, 1.54) is 76.2 Å². The molecule has 0 amide bonds. The Balaban J connectivity index is 2.16. The predicted octanol–water partition coefficient (Wildman–Crippen LogP) is 7.73. The number of benzene rings is 3. The second kappa shape index (κ2) is 14.7. The summed E-state index contributed by atoms with van der Waals surface area (Å²) in [4.78, 5) is 48.8. The summed E-state index contributed by atoms with van der Waals surface area (Å²) in [6.07, 6.45) is 2.74. The van der Waals surface area contributed by atoms with Gasteiger partial charge in [0.05, 0.1) is 0 Å². The molecule has 0 saturated carbocycles. The first-order valence-corrected chi connectivity index (χ1v) is 13.5. The van der Waals surface area contributed by atoms with Crippen LogP contribution in [-0.2, 0) is 19.2 Å². The standard InChI is InChI=1S/C36H30F2O8/c1-19(2)33(39)43-26-13-11-23(28(37)17-26)9-10-25-16-32(46-36(42)22(7)8)27(18-31(25)45-35(41)21(5)6)24-12-14-30(29(38)15-24)44-34(40)20(3)4/h9-18H,1,3,5,7H2,2,4,6,8H3/b10-9+. The van der Waals surface area contributed by atoms with Gasteiger partial charge in [-0.15, -0.1) is 0 Å². The minimum atomic E-state index is -0.915. The van der Waals surface area contributed by atoms with E-state index in [2.05, 4.69) is 26.3 Å². The van der Waals surface area contributed by atoms with E-state index in [1.54, 1.807) is 0 Å². The maximum absolute atomic E-state index is 15.1. The first-order chi connectivity index (χ1) is 21.6. The summed E-state index contributed by atoms with van der Waals surface area (Å²) in [5.41, 5.74) is 0.823. The highest BCUT2D eigenvalue weighted by Gasteiger charge is 2.20. The molecular weight excluding hydrogens is 598 g/mol. The monoisotopic (exact) mass is 628 g/mol. The van der Waals surface area contributed by atoms with Crippen LogP contribution in [0.4, 0.5) is 8.78 Å². The van der Waals surface area contributed by atoms with E-state index in [-0.39, 0.29) is 67.5 Å². The van der Waals surface area contributed by atoms with E-state index in [0.717, 1.165) is 12.1 Å². The van der Waals surface area contributed by atoms with Crippen molar-refractivity contribution in [3.63, 3.8) is 0 Å². The molecule has 0 heterocycles. The Morgan fingerprint density at radius 3 is 1.57 bits per heavy atom. The van der Waals surface area contributed by atoms with Crippen LogP contribution in [0.1, 0.15) is 38.8 Å². The Morgan fingerprint density at radius 1 is 0.543 bits per heavy atom. The molecule has 0 N–H and O–H groups in total. The quantitative estimate of drug-likeness (QED) is 0.0920. The number of carbonyl (C=O) groups is 4. The molecule has 10 heteroatoms. The molecule has 0 saturated heterocycles. The molecule has 8 nitrogen and oxygen atoms in total. The van der Waals surface area contributed by atoms with Gasteiger partial charge in [-0.2, -0.15) is 0 Å². The molecule has 0 bridgehead atoms. The Kier molecular flexibility index (Phi) is 11.1. The van der Waals surface area contributed by atoms with Crippen molar-refractivity contribution in [1.29, 1.82) is 0 Å². The van der Waals surface area contributed by atoms with Crippen molar-refractivity contribution in [3.05, 3.63) is 120 Å². The molecule has 0 aliphatic rings.